The number of amides is 1. The number of fused-ring (bicyclic) bond motifs is 1. The highest BCUT2D eigenvalue weighted by Gasteiger charge is 2.28. The summed E-state index contributed by atoms with van der Waals surface area (Å²) < 4.78 is 12.9. The van der Waals surface area contributed by atoms with E-state index in [-0.39, 0.29) is 34.9 Å². The Morgan fingerprint density at radius 3 is 2.50 bits per heavy atom. The number of aromatic nitrogens is 3. The smallest absolute Gasteiger partial charge is 0.330 e. The standard InChI is InChI=1S/C25H30N4O5/c1-5-33-19-10-7-15(12-20(19)34-6-2)21(14(3)4)27-23(30)16-11-18-22(26-13-16)29(17-8-9-17)25(32)28-24(18)31/h7,10-14,17,21H,5-6,8-9H2,1-4H3,(H,27,30)(H,28,31,32). The third kappa shape index (κ3) is 4.69. The fourth-order valence-corrected chi connectivity index (χ4v) is 4.05. The van der Waals surface area contributed by atoms with E-state index >= 15 is 0 Å². The number of pyridine rings is 1. The minimum absolute atomic E-state index is 0.0449. The first-order valence-corrected chi connectivity index (χ1v) is 11.7. The van der Waals surface area contributed by atoms with Crippen molar-refractivity contribution >= 4 is 16.9 Å². The van der Waals surface area contributed by atoms with Gasteiger partial charge in [0.25, 0.3) is 11.5 Å². The lowest BCUT2D eigenvalue weighted by Gasteiger charge is -2.24. The highest BCUT2D eigenvalue weighted by atomic mass is 16.5. The van der Waals surface area contributed by atoms with Gasteiger partial charge in [-0.2, -0.15) is 0 Å². The van der Waals surface area contributed by atoms with Crippen molar-refractivity contribution in [2.45, 2.75) is 52.6 Å². The molecule has 2 heterocycles. The predicted octanol–water partition coefficient (Wildman–Crippen LogP) is 3.34. The maximum absolute atomic E-state index is 13.2. The molecule has 1 amide bonds. The van der Waals surface area contributed by atoms with Crippen molar-refractivity contribution in [3.63, 3.8) is 0 Å². The van der Waals surface area contributed by atoms with Crippen LogP contribution in [0.1, 0.15) is 68.5 Å². The van der Waals surface area contributed by atoms with Crippen molar-refractivity contribution in [1.82, 2.24) is 19.9 Å². The molecule has 3 aromatic rings. The summed E-state index contributed by atoms with van der Waals surface area (Å²) in [5.74, 6) is 0.997. The monoisotopic (exact) mass is 466 g/mol. The summed E-state index contributed by atoms with van der Waals surface area (Å²) in [6.07, 6.45) is 3.15. The molecule has 9 heteroatoms. The molecule has 0 spiro atoms. The third-order valence-electron chi connectivity index (χ3n) is 5.83. The quantitative estimate of drug-likeness (QED) is 0.500. The molecule has 1 aromatic carbocycles. The highest BCUT2D eigenvalue weighted by molar-refractivity contribution is 5.97. The first-order chi connectivity index (χ1) is 16.3. The number of nitrogens with one attached hydrogen (secondary N) is 2. The largest absolute Gasteiger partial charge is 0.490 e. The van der Waals surface area contributed by atoms with Crippen LogP contribution in [0.3, 0.4) is 0 Å². The van der Waals surface area contributed by atoms with Gasteiger partial charge in [-0.3, -0.25) is 19.1 Å². The molecule has 1 aliphatic carbocycles. The molecular formula is C25H30N4O5. The molecule has 1 atom stereocenters. The van der Waals surface area contributed by atoms with Gasteiger partial charge in [0.05, 0.1) is 30.2 Å². The molecular weight excluding hydrogens is 436 g/mol. The predicted molar refractivity (Wildman–Crippen MR) is 129 cm³/mol. The second-order valence-electron chi connectivity index (χ2n) is 8.72. The van der Waals surface area contributed by atoms with Gasteiger partial charge in [-0.1, -0.05) is 19.9 Å². The summed E-state index contributed by atoms with van der Waals surface area (Å²) in [4.78, 5) is 44.5. The molecule has 0 bridgehead atoms. The van der Waals surface area contributed by atoms with Crippen LogP contribution in [0.4, 0.5) is 0 Å². The fourth-order valence-electron chi connectivity index (χ4n) is 4.05. The number of rotatable bonds is 9. The van der Waals surface area contributed by atoms with Crippen LogP contribution in [0.15, 0.2) is 40.1 Å². The number of hydrogen-bond donors (Lipinski definition) is 2. The average Bonchev–Trinajstić information content (AvgIpc) is 3.63. The van der Waals surface area contributed by atoms with Crippen molar-refractivity contribution in [3.05, 3.63) is 62.4 Å². The Bertz CT molecular complexity index is 1320. The van der Waals surface area contributed by atoms with Gasteiger partial charge in [-0.25, -0.2) is 9.78 Å². The van der Waals surface area contributed by atoms with E-state index in [4.69, 9.17) is 9.47 Å². The lowest BCUT2D eigenvalue weighted by Crippen LogP contribution is -2.33. The van der Waals surface area contributed by atoms with Crippen molar-refractivity contribution in [1.29, 1.82) is 0 Å². The number of benzene rings is 1. The van der Waals surface area contributed by atoms with Crippen LogP contribution >= 0.6 is 0 Å². The first-order valence-electron chi connectivity index (χ1n) is 11.7. The highest BCUT2D eigenvalue weighted by Crippen LogP contribution is 2.35. The third-order valence-corrected chi connectivity index (χ3v) is 5.83. The molecule has 2 N–H and O–H groups in total. The SMILES string of the molecule is CCOc1ccc(C(NC(=O)c2cnc3c(c2)c(=O)[nH]c(=O)n3C2CC2)C(C)C)cc1OCC. The summed E-state index contributed by atoms with van der Waals surface area (Å²) in [5.41, 5.74) is 0.420. The van der Waals surface area contributed by atoms with Gasteiger partial charge < -0.3 is 14.8 Å². The molecule has 0 aliphatic heterocycles. The second kappa shape index (κ2) is 9.70. The van der Waals surface area contributed by atoms with Gasteiger partial charge in [0.2, 0.25) is 0 Å². The van der Waals surface area contributed by atoms with E-state index in [1.54, 1.807) is 0 Å². The minimum atomic E-state index is -0.549. The van der Waals surface area contributed by atoms with Crippen LogP contribution in [-0.4, -0.2) is 33.7 Å². The average molecular weight is 467 g/mol. The van der Waals surface area contributed by atoms with Crippen LogP contribution in [-0.2, 0) is 0 Å². The first kappa shape index (κ1) is 23.5. The normalized spacial score (nSPS) is 14.3. The molecule has 4 rings (SSSR count). The topological polar surface area (TPSA) is 115 Å². The van der Waals surface area contributed by atoms with E-state index in [0.29, 0.717) is 30.4 Å². The van der Waals surface area contributed by atoms with E-state index in [1.165, 1.54) is 16.8 Å². The Hall–Kier alpha value is -3.62. The van der Waals surface area contributed by atoms with E-state index in [0.717, 1.165) is 18.4 Å². The number of nitrogens with zero attached hydrogens (tertiary/aromatic N) is 2. The number of hydrogen-bond acceptors (Lipinski definition) is 6. The van der Waals surface area contributed by atoms with Gasteiger partial charge in [-0.05, 0) is 56.4 Å². The van der Waals surface area contributed by atoms with Crippen LogP contribution < -0.4 is 26.0 Å². The van der Waals surface area contributed by atoms with E-state index in [9.17, 15) is 14.4 Å². The van der Waals surface area contributed by atoms with Crippen LogP contribution in [0.25, 0.3) is 11.0 Å². The molecule has 34 heavy (non-hydrogen) atoms. The summed E-state index contributed by atoms with van der Waals surface area (Å²) in [5, 5.41) is 3.28. The van der Waals surface area contributed by atoms with Gasteiger partial charge in [0.1, 0.15) is 5.65 Å². The van der Waals surface area contributed by atoms with Crippen molar-refractivity contribution in [2.75, 3.05) is 13.2 Å². The van der Waals surface area contributed by atoms with Crippen LogP contribution in [0.2, 0.25) is 0 Å². The Balaban J connectivity index is 1.65. The number of carbonyl (C=O) groups excluding carboxylic acids is 1. The summed E-state index contributed by atoms with van der Waals surface area (Å²) in [6.45, 7) is 8.85. The van der Waals surface area contributed by atoms with Crippen molar-refractivity contribution in [2.24, 2.45) is 5.92 Å². The number of aromatic amines is 1. The molecule has 0 saturated heterocycles. The Morgan fingerprint density at radius 2 is 1.85 bits per heavy atom. The molecule has 9 nitrogen and oxygen atoms in total. The molecule has 180 valence electrons. The lowest BCUT2D eigenvalue weighted by atomic mass is 9.95. The summed E-state index contributed by atoms with van der Waals surface area (Å²) in [6, 6.07) is 6.88. The Morgan fingerprint density at radius 1 is 1.15 bits per heavy atom. The zero-order valence-electron chi connectivity index (χ0n) is 19.9. The zero-order chi connectivity index (χ0) is 24.4. The van der Waals surface area contributed by atoms with E-state index in [1.807, 2.05) is 45.9 Å². The Labute approximate surface area is 197 Å². The molecule has 1 saturated carbocycles. The maximum atomic E-state index is 13.2. The van der Waals surface area contributed by atoms with Gasteiger partial charge in [0.15, 0.2) is 11.5 Å². The summed E-state index contributed by atoms with van der Waals surface area (Å²) >= 11 is 0. The van der Waals surface area contributed by atoms with Crippen molar-refractivity contribution in [3.8, 4) is 11.5 Å². The van der Waals surface area contributed by atoms with E-state index < -0.39 is 11.2 Å². The number of ether oxygens (including phenoxy) is 2. The summed E-state index contributed by atoms with van der Waals surface area (Å²) in [7, 11) is 0. The molecule has 2 aromatic heterocycles. The zero-order valence-corrected chi connectivity index (χ0v) is 19.9. The van der Waals surface area contributed by atoms with Crippen LogP contribution in [0, 0.1) is 5.92 Å². The molecule has 1 aliphatic rings. The molecule has 0 radical (unpaired) electrons. The van der Waals surface area contributed by atoms with Gasteiger partial charge in [0, 0.05) is 12.2 Å². The van der Waals surface area contributed by atoms with Crippen LogP contribution in [0.5, 0.6) is 11.5 Å². The lowest BCUT2D eigenvalue weighted by molar-refractivity contribution is 0.0925. The van der Waals surface area contributed by atoms with Crippen molar-refractivity contribution < 1.29 is 14.3 Å². The number of H-pyrrole nitrogens is 1. The molecule has 1 unspecified atom stereocenters. The fraction of sp³-hybridized carbons (Fsp3) is 0.440. The second-order valence-corrected chi connectivity index (χ2v) is 8.72. The number of carbonyl (C=O) groups is 1. The molecule has 1 fully saturated rings. The maximum Gasteiger partial charge on any atom is 0.330 e. The van der Waals surface area contributed by atoms with E-state index in [2.05, 4.69) is 15.3 Å². The minimum Gasteiger partial charge on any atom is -0.490 e. The van der Waals surface area contributed by atoms with Gasteiger partial charge >= 0.3 is 5.69 Å². The Kier molecular flexibility index (Phi) is 6.72. The van der Waals surface area contributed by atoms with Gasteiger partial charge in [-0.15, -0.1) is 0 Å².